The predicted molar refractivity (Wildman–Crippen MR) is 95.1 cm³/mol. The van der Waals surface area contributed by atoms with Gasteiger partial charge >= 0.3 is 12.1 Å². The van der Waals surface area contributed by atoms with Crippen LogP contribution in [0.4, 0.5) is 4.79 Å². The van der Waals surface area contributed by atoms with Crippen molar-refractivity contribution in [3.63, 3.8) is 0 Å². The van der Waals surface area contributed by atoms with Gasteiger partial charge in [0.1, 0.15) is 11.1 Å². The minimum absolute atomic E-state index is 0.289. The van der Waals surface area contributed by atoms with Gasteiger partial charge in [0, 0.05) is 0 Å². The first-order chi connectivity index (χ1) is 11.7. The molecule has 0 aliphatic rings. The van der Waals surface area contributed by atoms with Gasteiger partial charge < -0.3 is 10.1 Å². The second-order valence-corrected chi connectivity index (χ2v) is 7.13. The number of benzene rings is 1. The zero-order chi connectivity index (χ0) is 18.9. The van der Waals surface area contributed by atoms with Gasteiger partial charge in [0.15, 0.2) is 0 Å². The number of nitrogens with one attached hydrogen (secondary N) is 1. The van der Waals surface area contributed by atoms with Crippen LogP contribution in [0.3, 0.4) is 0 Å². The summed E-state index contributed by atoms with van der Waals surface area (Å²) < 4.78 is 5.23. The maximum Gasteiger partial charge on any atom is 0.408 e. The minimum atomic E-state index is -1.30. The Balaban J connectivity index is 2.68. The van der Waals surface area contributed by atoms with Crippen molar-refractivity contribution in [3.8, 4) is 0 Å². The van der Waals surface area contributed by atoms with Crippen LogP contribution in [-0.4, -0.2) is 28.5 Å². The highest BCUT2D eigenvalue weighted by atomic mass is 17.1. The van der Waals surface area contributed by atoms with E-state index in [0.29, 0.717) is 12.8 Å². The Morgan fingerprint density at radius 3 is 2.28 bits per heavy atom. The number of hydrogen-bond donors (Lipinski definition) is 2. The van der Waals surface area contributed by atoms with E-state index in [1.807, 2.05) is 30.3 Å². The summed E-state index contributed by atoms with van der Waals surface area (Å²) >= 11 is 0. The first-order valence-electron chi connectivity index (χ1n) is 8.63. The number of carbonyl (C=O) groups excluding carboxylic acids is 2. The summed E-state index contributed by atoms with van der Waals surface area (Å²) in [6.07, 6.45) is 2.35. The summed E-state index contributed by atoms with van der Waals surface area (Å²) in [5, 5.41) is 11.4. The molecule has 25 heavy (non-hydrogen) atoms. The lowest BCUT2D eigenvalue weighted by Crippen LogP contribution is -2.55. The quantitative estimate of drug-likeness (QED) is 0.419. The van der Waals surface area contributed by atoms with E-state index in [0.717, 1.165) is 12.8 Å². The Morgan fingerprint density at radius 1 is 1.12 bits per heavy atom. The highest BCUT2D eigenvalue weighted by molar-refractivity contribution is 5.85. The molecule has 1 unspecified atom stereocenters. The Kier molecular flexibility index (Phi) is 7.90. The number of carbonyl (C=O) groups is 2. The number of aryl methyl sites for hydroxylation is 1. The zero-order valence-electron chi connectivity index (χ0n) is 15.5. The van der Waals surface area contributed by atoms with Gasteiger partial charge in [-0.05, 0) is 52.0 Å². The van der Waals surface area contributed by atoms with Crippen molar-refractivity contribution < 1.29 is 24.5 Å². The molecule has 0 heterocycles. The third kappa shape index (κ3) is 7.13. The summed E-state index contributed by atoms with van der Waals surface area (Å²) in [5.41, 5.74) is -0.761. The normalized spacial score (nSPS) is 13.6. The Bertz CT molecular complexity index is 553. The molecule has 0 aromatic heterocycles. The molecule has 1 rings (SSSR count). The van der Waals surface area contributed by atoms with Crippen LogP contribution in [0.25, 0.3) is 0 Å². The summed E-state index contributed by atoms with van der Waals surface area (Å²) in [4.78, 5) is 28.1. The van der Waals surface area contributed by atoms with Crippen LogP contribution in [0, 0.1) is 0 Å². The van der Waals surface area contributed by atoms with Crippen LogP contribution in [0.2, 0.25) is 0 Å². The number of hydrogen-bond acceptors (Lipinski definition) is 5. The van der Waals surface area contributed by atoms with E-state index < -0.39 is 23.2 Å². The van der Waals surface area contributed by atoms with E-state index in [-0.39, 0.29) is 6.42 Å². The lowest BCUT2D eigenvalue weighted by atomic mass is 9.89. The third-order valence-corrected chi connectivity index (χ3v) is 3.98. The van der Waals surface area contributed by atoms with E-state index >= 15 is 0 Å². The van der Waals surface area contributed by atoms with E-state index in [4.69, 9.17) is 9.99 Å². The summed E-state index contributed by atoms with van der Waals surface area (Å²) in [7, 11) is 0. The molecular weight excluding hydrogens is 322 g/mol. The second kappa shape index (κ2) is 9.42. The van der Waals surface area contributed by atoms with Crippen molar-refractivity contribution in [2.24, 2.45) is 0 Å². The molecule has 0 bridgehead atoms. The van der Waals surface area contributed by atoms with Gasteiger partial charge in [0.25, 0.3) is 0 Å². The molecule has 0 aliphatic carbocycles. The topological polar surface area (TPSA) is 84.9 Å². The van der Waals surface area contributed by atoms with E-state index in [1.165, 1.54) is 5.56 Å². The van der Waals surface area contributed by atoms with Crippen molar-refractivity contribution in [1.82, 2.24) is 5.32 Å². The number of ether oxygens (including phenoxy) is 1. The number of rotatable bonds is 8. The van der Waals surface area contributed by atoms with Crippen molar-refractivity contribution in [1.29, 1.82) is 0 Å². The highest BCUT2D eigenvalue weighted by Gasteiger charge is 2.41. The molecule has 2 N–H and O–H groups in total. The third-order valence-electron chi connectivity index (χ3n) is 3.98. The lowest BCUT2D eigenvalue weighted by Gasteiger charge is -2.31. The van der Waals surface area contributed by atoms with Crippen molar-refractivity contribution in [2.75, 3.05) is 0 Å². The standard InChI is InChI=1S/C19H29NO5/c1-5-19(16(21)25-23,20-17(22)24-18(2,3)4)14-10-9-13-15-11-7-6-8-12-15/h6-8,11-12,23H,5,9-10,13-14H2,1-4H3,(H,20,22). The van der Waals surface area contributed by atoms with Crippen LogP contribution >= 0.6 is 0 Å². The maximum atomic E-state index is 12.1. The summed E-state index contributed by atoms with van der Waals surface area (Å²) in [6, 6.07) is 10.0. The van der Waals surface area contributed by atoms with Gasteiger partial charge in [0.05, 0.1) is 0 Å². The van der Waals surface area contributed by atoms with Gasteiger partial charge in [0.2, 0.25) is 0 Å². The number of amides is 1. The molecule has 0 radical (unpaired) electrons. The molecule has 0 aliphatic heterocycles. The fourth-order valence-corrected chi connectivity index (χ4v) is 2.61. The molecule has 1 aromatic rings. The molecule has 0 saturated heterocycles. The van der Waals surface area contributed by atoms with Crippen LogP contribution in [0.1, 0.15) is 58.9 Å². The maximum absolute atomic E-state index is 12.1. The highest BCUT2D eigenvalue weighted by Crippen LogP contribution is 2.22. The van der Waals surface area contributed by atoms with Gasteiger partial charge in [-0.2, -0.15) is 5.26 Å². The van der Waals surface area contributed by atoms with Crippen molar-refractivity contribution >= 4 is 12.1 Å². The fourth-order valence-electron chi connectivity index (χ4n) is 2.61. The largest absolute Gasteiger partial charge is 0.444 e. The molecule has 6 nitrogen and oxygen atoms in total. The van der Waals surface area contributed by atoms with Crippen LogP contribution < -0.4 is 5.32 Å². The summed E-state index contributed by atoms with van der Waals surface area (Å²) in [6.45, 7) is 6.98. The van der Waals surface area contributed by atoms with Crippen LogP contribution in [0.15, 0.2) is 30.3 Å². The molecule has 6 heteroatoms. The molecular formula is C19H29NO5. The average Bonchev–Trinajstić information content (AvgIpc) is 2.56. The molecule has 0 fully saturated rings. The summed E-state index contributed by atoms with van der Waals surface area (Å²) in [5.74, 6) is -0.874. The van der Waals surface area contributed by atoms with Crippen LogP contribution in [0.5, 0.6) is 0 Å². The average molecular weight is 351 g/mol. The lowest BCUT2D eigenvalue weighted by molar-refractivity contribution is -0.242. The monoisotopic (exact) mass is 351 g/mol. The molecule has 0 spiro atoms. The molecule has 140 valence electrons. The fraction of sp³-hybridized carbons (Fsp3) is 0.579. The molecule has 1 aromatic carbocycles. The Labute approximate surface area is 149 Å². The van der Waals surface area contributed by atoms with Gasteiger partial charge in [-0.25, -0.2) is 9.59 Å². The molecule has 1 atom stereocenters. The zero-order valence-corrected chi connectivity index (χ0v) is 15.5. The SMILES string of the molecule is CCC(CCCCc1ccccc1)(NC(=O)OC(C)(C)C)C(=O)OO. The van der Waals surface area contributed by atoms with Crippen LogP contribution in [-0.2, 0) is 20.8 Å². The van der Waals surface area contributed by atoms with Gasteiger partial charge in [-0.1, -0.05) is 43.7 Å². The number of alkyl carbamates (subject to hydrolysis) is 1. The number of unbranched alkanes of at least 4 members (excludes halogenated alkanes) is 1. The van der Waals surface area contributed by atoms with Gasteiger partial charge in [-0.15, -0.1) is 0 Å². The molecule has 0 saturated carbocycles. The first-order valence-corrected chi connectivity index (χ1v) is 8.63. The Morgan fingerprint density at radius 2 is 1.76 bits per heavy atom. The molecule has 1 amide bonds. The van der Waals surface area contributed by atoms with E-state index in [1.54, 1.807) is 27.7 Å². The smallest absolute Gasteiger partial charge is 0.408 e. The van der Waals surface area contributed by atoms with Gasteiger partial charge in [-0.3, -0.25) is 4.89 Å². The Hall–Kier alpha value is -2.08. The first kappa shape index (κ1) is 21.0. The van der Waals surface area contributed by atoms with E-state index in [2.05, 4.69) is 10.2 Å². The van der Waals surface area contributed by atoms with Crippen molar-refractivity contribution in [3.05, 3.63) is 35.9 Å². The van der Waals surface area contributed by atoms with Crippen molar-refractivity contribution in [2.45, 2.75) is 70.9 Å². The predicted octanol–water partition coefficient (Wildman–Crippen LogP) is 4.09. The second-order valence-electron chi connectivity index (χ2n) is 7.13. The van der Waals surface area contributed by atoms with E-state index in [9.17, 15) is 9.59 Å². The minimum Gasteiger partial charge on any atom is -0.444 e.